The van der Waals surface area contributed by atoms with Crippen LogP contribution in [0.15, 0.2) is 59.5 Å². The molecule has 4 aromatic rings. The highest BCUT2D eigenvalue weighted by molar-refractivity contribution is 5.76. The summed E-state index contributed by atoms with van der Waals surface area (Å²) in [5.41, 5.74) is 1.84. The molecule has 1 N–H and O–H groups in total. The fourth-order valence-electron chi connectivity index (χ4n) is 3.69. The largest absolute Gasteiger partial charge is 0.342 e. The zero-order valence-electron chi connectivity index (χ0n) is 15.3. The molecule has 1 saturated heterocycles. The minimum atomic E-state index is -0.839. The van der Waals surface area contributed by atoms with Gasteiger partial charge in [0.25, 0.3) is 5.56 Å². The lowest BCUT2D eigenvalue weighted by Gasteiger charge is -2.39. The molecule has 2 aromatic carbocycles. The zero-order valence-corrected chi connectivity index (χ0v) is 15.3. The van der Waals surface area contributed by atoms with E-state index in [1.165, 1.54) is 12.3 Å². The highest BCUT2D eigenvalue weighted by Crippen LogP contribution is 2.25. The number of aromatic amines is 1. The molecular formula is C21H17F2N5O. The van der Waals surface area contributed by atoms with Gasteiger partial charge in [0, 0.05) is 13.1 Å². The molecule has 0 amide bonds. The maximum atomic E-state index is 13.4. The highest BCUT2D eigenvalue weighted by atomic mass is 19.2. The first-order chi connectivity index (χ1) is 14.1. The molecule has 146 valence electrons. The maximum Gasteiger partial charge on any atom is 0.263 e. The average Bonchev–Trinajstić information content (AvgIpc) is 3.12. The van der Waals surface area contributed by atoms with Gasteiger partial charge in [0.05, 0.1) is 11.9 Å². The van der Waals surface area contributed by atoms with Gasteiger partial charge in [0.1, 0.15) is 5.39 Å². The summed E-state index contributed by atoms with van der Waals surface area (Å²) in [5.74, 6) is -0.903. The summed E-state index contributed by atoms with van der Waals surface area (Å²) in [6.07, 6.45) is 2.15. The van der Waals surface area contributed by atoms with Crippen LogP contribution in [-0.2, 0) is 6.42 Å². The van der Waals surface area contributed by atoms with Crippen LogP contribution in [0.25, 0.3) is 16.7 Å². The lowest BCUT2D eigenvalue weighted by atomic mass is 9.92. The lowest BCUT2D eigenvalue weighted by Crippen LogP contribution is -2.49. The number of hydrogen-bond donors (Lipinski definition) is 1. The standard InChI is InChI=1S/C21H17F2N5O/c22-17-7-6-13(9-18(17)23)8-14-11-27(12-14)21-25-19-16(20(29)26-21)10-24-28(19)15-4-2-1-3-5-15/h1-7,9-10,14H,8,11-12H2,(H,25,26,29). The van der Waals surface area contributed by atoms with Crippen molar-refractivity contribution >= 4 is 17.0 Å². The minimum absolute atomic E-state index is 0.240. The van der Waals surface area contributed by atoms with Gasteiger partial charge in [0.15, 0.2) is 17.3 Å². The van der Waals surface area contributed by atoms with E-state index in [-0.39, 0.29) is 11.5 Å². The second kappa shape index (κ2) is 6.80. The normalized spacial score (nSPS) is 14.3. The molecule has 3 heterocycles. The number of rotatable bonds is 4. The fraction of sp³-hybridized carbons (Fsp3) is 0.190. The van der Waals surface area contributed by atoms with Crippen LogP contribution in [-0.4, -0.2) is 32.8 Å². The van der Waals surface area contributed by atoms with Crippen molar-refractivity contribution in [2.75, 3.05) is 18.0 Å². The number of aromatic nitrogens is 4. The van der Waals surface area contributed by atoms with Crippen molar-refractivity contribution in [1.82, 2.24) is 19.7 Å². The van der Waals surface area contributed by atoms with E-state index in [1.54, 1.807) is 10.7 Å². The van der Waals surface area contributed by atoms with Gasteiger partial charge in [-0.1, -0.05) is 24.3 Å². The van der Waals surface area contributed by atoms with Crippen LogP contribution in [0.2, 0.25) is 0 Å². The van der Waals surface area contributed by atoms with Crippen molar-refractivity contribution < 1.29 is 8.78 Å². The minimum Gasteiger partial charge on any atom is -0.342 e. The number of fused-ring (bicyclic) bond motifs is 1. The maximum absolute atomic E-state index is 13.4. The van der Waals surface area contributed by atoms with Crippen LogP contribution in [0.4, 0.5) is 14.7 Å². The van der Waals surface area contributed by atoms with Crippen LogP contribution in [0.3, 0.4) is 0 Å². The topological polar surface area (TPSA) is 66.8 Å². The number of H-pyrrole nitrogens is 1. The molecule has 0 radical (unpaired) electrons. The van der Waals surface area contributed by atoms with Gasteiger partial charge in [0.2, 0.25) is 5.95 Å². The van der Waals surface area contributed by atoms with Crippen molar-refractivity contribution in [1.29, 1.82) is 0 Å². The van der Waals surface area contributed by atoms with Crippen molar-refractivity contribution in [2.45, 2.75) is 6.42 Å². The number of halogens is 2. The molecule has 8 heteroatoms. The van der Waals surface area contributed by atoms with Gasteiger partial charge < -0.3 is 4.90 Å². The van der Waals surface area contributed by atoms with Crippen LogP contribution < -0.4 is 10.5 Å². The summed E-state index contributed by atoms with van der Waals surface area (Å²) < 4.78 is 28.1. The molecule has 6 nitrogen and oxygen atoms in total. The van der Waals surface area contributed by atoms with E-state index in [0.717, 1.165) is 17.3 Å². The highest BCUT2D eigenvalue weighted by Gasteiger charge is 2.29. The molecule has 0 unspecified atom stereocenters. The number of nitrogens with zero attached hydrogens (tertiary/aromatic N) is 4. The Morgan fingerprint density at radius 3 is 2.62 bits per heavy atom. The first-order valence-electron chi connectivity index (χ1n) is 9.31. The third-order valence-electron chi connectivity index (χ3n) is 5.19. The van der Waals surface area contributed by atoms with Crippen molar-refractivity contribution in [3.8, 4) is 5.69 Å². The quantitative estimate of drug-likeness (QED) is 0.579. The Kier molecular flexibility index (Phi) is 4.12. The third-order valence-corrected chi connectivity index (χ3v) is 5.19. The fourth-order valence-corrected chi connectivity index (χ4v) is 3.69. The van der Waals surface area contributed by atoms with E-state index < -0.39 is 11.6 Å². The van der Waals surface area contributed by atoms with E-state index in [0.29, 0.717) is 36.5 Å². The number of anilines is 1. The van der Waals surface area contributed by atoms with Gasteiger partial charge in [-0.3, -0.25) is 9.78 Å². The predicted molar refractivity (Wildman–Crippen MR) is 105 cm³/mol. The molecule has 0 atom stereocenters. The Bertz CT molecular complexity index is 1250. The Morgan fingerprint density at radius 2 is 1.86 bits per heavy atom. The summed E-state index contributed by atoms with van der Waals surface area (Å²) >= 11 is 0. The second-order valence-corrected chi connectivity index (χ2v) is 7.24. The average molecular weight is 393 g/mol. The Labute approximate surface area is 164 Å². The van der Waals surface area contributed by atoms with E-state index in [9.17, 15) is 13.6 Å². The molecular weight excluding hydrogens is 376 g/mol. The number of nitrogens with one attached hydrogen (secondary N) is 1. The summed E-state index contributed by atoms with van der Waals surface area (Å²) in [7, 11) is 0. The summed E-state index contributed by atoms with van der Waals surface area (Å²) in [6, 6.07) is 13.5. The number of benzene rings is 2. The molecule has 1 aliphatic heterocycles. The smallest absolute Gasteiger partial charge is 0.263 e. The molecule has 0 bridgehead atoms. The molecule has 2 aromatic heterocycles. The van der Waals surface area contributed by atoms with Gasteiger partial charge in [-0.25, -0.2) is 13.5 Å². The Hall–Kier alpha value is -3.55. The lowest BCUT2D eigenvalue weighted by molar-refractivity contribution is 0.400. The molecule has 1 aliphatic rings. The van der Waals surface area contributed by atoms with Crippen LogP contribution in [0.5, 0.6) is 0 Å². The molecule has 0 aliphatic carbocycles. The third kappa shape index (κ3) is 3.16. The SMILES string of the molecule is O=c1[nH]c(N2CC(Cc3ccc(F)c(F)c3)C2)nc2c1cnn2-c1ccccc1. The van der Waals surface area contributed by atoms with E-state index in [1.807, 2.05) is 35.2 Å². The van der Waals surface area contributed by atoms with Crippen molar-refractivity contribution in [2.24, 2.45) is 5.92 Å². The van der Waals surface area contributed by atoms with Gasteiger partial charge >= 0.3 is 0 Å². The molecule has 0 spiro atoms. The zero-order chi connectivity index (χ0) is 20.0. The van der Waals surface area contributed by atoms with Gasteiger partial charge in [-0.2, -0.15) is 10.1 Å². The molecule has 0 saturated carbocycles. The summed E-state index contributed by atoms with van der Waals surface area (Å²) in [6.45, 7) is 1.35. The van der Waals surface area contributed by atoms with E-state index >= 15 is 0 Å². The molecule has 1 fully saturated rings. The predicted octanol–water partition coefficient (Wildman–Crippen LogP) is 3.07. The monoisotopic (exact) mass is 393 g/mol. The van der Waals surface area contributed by atoms with Gasteiger partial charge in [-0.05, 0) is 42.2 Å². The summed E-state index contributed by atoms with van der Waals surface area (Å²) in [5, 5.41) is 4.73. The van der Waals surface area contributed by atoms with Crippen molar-refractivity contribution in [3.63, 3.8) is 0 Å². The second-order valence-electron chi connectivity index (χ2n) is 7.24. The Morgan fingerprint density at radius 1 is 1.07 bits per heavy atom. The Balaban J connectivity index is 1.37. The van der Waals surface area contributed by atoms with Gasteiger partial charge in [-0.15, -0.1) is 0 Å². The number of para-hydroxylation sites is 1. The van der Waals surface area contributed by atoms with E-state index in [4.69, 9.17) is 0 Å². The van der Waals surface area contributed by atoms with Crippen LogP contribution >= 0.6 is 0 Å². The van der Waals surface area contributed by atoms with Crippen molar-refractivity contribution in [3.05, 3.63) is 82.3 Å². The molecule has 5 rings (SSSR count). The molecule has 29 heavy (non-hydrogen) atoms. The number of hydrogen-bond acceptors (Lipinski definition) is 4. The van der Waals surface area contributed by atoms with E-state index in [2.05, 4.69) is 15.1 Å². The summed E-state index contributed by atoms with van der Waals surface area (Å²) in [4.78, 5) is 21.9. The van der Waals surface area contributed by atoms with Crippen LogP contribution in [0.1, 0.15) is 5.56 Å². The van der Waals surface area contributed by atoms with Crippen LogP contribution in [0, 0.1) is 17.6 Å². The first kappa shape index (κ1) is 17.5. The first-order valence-corrected chi connectivity index (χ1v) is 9.31.